The SMILES string of the molecule is CCN(C(=O)C(=O)Nc1cccnc1)C(C)(C)C. The third-order valence-corrected chi connectivity index (χ3v) is 2.48. The first kappa shape index (κ1) is 14.2. The fraction of sp³-hybridized carbons (Fsp3) is 0.462. The minimum atomic E-state index is -0.639. The minimum Gasteiger partial charge on any atom is -0.330 e. The number of likely N-dealkylation sites (N-methyl/N-ethyl adjacent to an activating group) is 1. The lowest BCUT2D eigenvalue weighted by Crippen LogP contribution is -2.49. The summed E-state index contributed by atoms with van der Waals surface area (Å²) in [6.07, 6.45) is 3.10. The molecule has 5 heteroatoms. The number of rotatable bonds is 2. The number of nitrogens with zero attached hydrogens (tertiary/aromatic N) is 2. The summed E-state index contributed by atoms with van der Waals surface area (Å²) in [4.78, 5) is 29.2. The van der Waals surface area contributed by atoms with Gasteiger partial charge in [0, 0.05) is 18.3 Å². The molecule has 5 nitrogen and oxygen atoms in total. The average Bonchev–Trinajstić information content (AvgIpc) is 2.29. The largest absolute Gasteiger partial charge is 0.330 e. The molecule has 0 radical (unpaired) electrons. The number of pyridine rings is 1. The molecule has 0 saturated carbocycles. The molecule has 0 bridgehead atoms. The third-order valence-electron chi connectivity index (χ3n) is 2.48. The molecule has 0 aliphatic heterocycles. The zero-order valence-electron chi connectivity index (χ0n) is 11.2. The van der Waals surface area contributed by atoms with E-state index in [-0.39, 0.29) is 5.54 Å². The average molecular weight is 249 g/mol. The lowest BCUT2D eigenvalue weighted by molar-refractivity contribution is -0.146. The summed E-state index contributed by atoms with van der Waals surface area (Å²) < 4.78 is 0. The van der Waals surface area contributed by atoms with Crippen LogP contribution in [0, 0.1) is 0 Å². The number of hydrogen-bond acceptors (Lipinski definition) is 3. The van der Waals surface area contributed by atoms with Crippen molar-refractivity contribution in [3.05, 3.63) is 24.5 Å². The van der Waals surface area contributed by atoms with E-state index in [9.17, 15) is 9.59 Å². The van der Waals surface area contributed by atoms with E-state index in [0.29, 0.717) is 12.2 Å². The molecule has 1 rings (SSSR count). The van der Waals surface area contributed by atoms with Gasteiger partial charge in [-0.25, -0.2) is 0 Å². The Morgan fingerprint density at radius 3 is 2.50 bits per heavy atom. The van der Waals surface area contributed by atoms with Gasteiger partial charge in [-0.2, -0.15) is 0 Å². The summed E-state index contributed by atoms with van der Waals surface area (Å²) in [7, 11) is 0. The molecule has 1 aromatic rings. The van der Waals surface area contributed by atoms with Crippen molar-refractivity contribution in [2.24, 2.45) is 0 Å². The molecule has 18 heavy (non-hydrogen) atoms. The van der Waals surface area contributed by atoms with Gasteiger partial charge in [0.25, 0.3) is 0 Å². The monoisotopic (exact) mass is 249 g/mol. The molecule has 1 heterocycles. The quantitative estimate of drug-likeness (QED) is 0.811. The first-order valence-electron chi connectivity index (χ1n) is 5.89. The van der Waals surface area contributed by atoms with E-state index in [2.05, 4.69) is 10.3 Å². The fourth-order valence-corrected chi connectivity index (χ4v) is 1.67. The van der Waals surface area contributed by atoms with Gasteiger partial charge < -0.3 is 10.2 Å². The maximum Gasteiger partial charge on any atom is 0.313 e. The van der Waals surface area contributed by atoms with E-state index in [1.54, 1.807) is 18.3 Å². The molecule has 0 fully saturated rings. The Bertz CT molecular complexity index is 424. The fourth-order valence-electron chi connectivity index (χ4n) is 1.67. The Morgan fingerprint density at radius 2 is 2.06 bits per heavy atom. The van der Waals surface area contributed by atoms with E-state index >= 15 is 0 Å². The van der Waals surface area contributed by atoms with Crippen LogP contribution in [0.25, 0.3) is 0 Å². The van der Waals surface area contributed by atoms with Crippen molar-refractivity contribution in [1.82, 2.24) is 9.88 Å². The molecular weight excluding hydrogens is 230 g/mol. The zero-order chi connectivity index (χ0) is 13.8. The van der Waals surface area contributed by atoms with Gasteiger partial charge in [-0.15, -0.1) is 0 Å². The molecular formula is C13H19N3O2. The lowest BCUT2D eigenvalue weighted by atomic mass is 10.1. The standard InChI is InChI=1S/C13H19N3O2/c1-5-16(13(2,3)4)12(18)11(17)15-10-7-6-8-14-9-10/h6-9H,5H2,1-4H3,(H,15,17). The van der Waals surface area contributed by atoms with Gasteiger partial charge in [0.15, 0.2) is 0 Å². The van der Waals surface area contributed by atoms with Crippen LogP contribution in [0.2, 0.25) is 0 Å². The highest BCUT2D eigenvalue weighted by atomic mass is 16.2. The van der Waals surface area contributed by atoms with Crippen LogP contribution in [-0.2, 0) is 9.59 Å². The highest BCUT2D eigenvalue weighted by molar-refractivity contribution is 6.39. The van der Waals surface area contributed by atoms with E-state index < -0.39 is 11.8 Å². The first-order chi connectivity index (χ1) is 8.36. The molecule has 0 spiro atoms. The van der Waals surface area contributed by atoms with Gasteiger partial charge in [-0.3, -0.25) is 14.6 Å². The summed E-state index contributed by atoms with van der Waals surface area (Å²) >= 11 is 0. The minimum absolute atomic E-state index is 0.377. The van der Waals surface area contributed by atoms with Crippen molar-refractivity contribution in [3.63, 3.8) is 0 Å². The van der Waals surface area contributed by atoms with E-state index in [1.807, 2.05) is 27.7 Å². The second kappa shape index (κ2) is 5.62. The van der Waals surface area contributed by atoms with Crippen molar-refractivity contribution in [1.29, 1.82) is 0 Å². The van der Waals surface area contributed by atoms with Gasteiger partial charge in [0.2, 0.25) is 0 Å². The third kappa shape index (κ3) is 3.55. The van der Waals surface area contributed by atoms with Gasteiger partial charge in [0.1, 0.15) is 0 Å². The first-order valence-corrected chi connectivity index (χ1v) is 5.89. The number of aromatic nitrogens is 1. The van der Waals surface area contributed by atoms with Crippen LogP contribution in [0.15, 0.2) is 24.5 Å². The molecule has 0 atom stereocenters. The predicted molar refractivity (Wildman–Crippen MR) is 70.0 cm³/mol. The Balaban J connectivity index is 2.75. The van der Waals surface area contributed by atoms with Crippen LogP contribution in [0.3, 0.4) is 0 Å². The molecule has 0 saturated heterocycles. The normalized spacial score (nSPS) is 10.9. The number of amides is 2. The highest BCUT2D eigenvalue weighted by Gasteiger charge is 2.29. The molecule has 0 aromatic carbocycles. The van der Waals surface area contributed by atoms with E-state index in [0.717, 1.165) is 0 Å². The summed E-state index contributed by atoms with van der Waals surface area (Å²) in [5, 5.41) is 2.54. The van der Waals surface area contributed by atoms with Crippen LogP contribution in [0.1, 0.15) is 27.7 Å². The van der Waals surface area contributed by atoms with E-state index in [1.165, 1.54) is 11.1 Å². The molecule has 1 N–H and O–H groups in total. The van der Waals surface area contributed by atoms with Crippen molar-refractivity contribution in [2.75, 3.05) is 11.9 Å². The van der Waals surface area contributed by atoms with Gasteiger partial charge >= 0.3 is 11.8 Å². The molecule has 1 aromatic heterocycles. The number of nitrogens with one attached hydrogen (secondary N) is 1. The molecule has 0 aliphatic carbocycles. The number of anilines is 1. The summed E-state index contributed by atoms with van der Waals surface area (Å²) in [5.41, 5.74) is 0.138. The second-order valence-corrected chi connectivity index (χ2v) is 4.92. The van der Waals surface area contributed by atoms with Crippen LogP contribution < -0.4 is 5.32 Å². The summed E-state index contributed by atoms with van der Waals surface area (Å²) in [6.45, 7) is 8.02. The van der Waals surface area contributed by atoms with Crippen LogP contribution in [0.4, 0.5) is 5.69 Å². The van der Waals surface area contributed by atoms with E-state index in [4.69, 9.17) is 0 Å². The molecule has 0 aliphatic rings. The number of carbonyl (C=O) groups is 2. The summed E-state index contributed by atoms with van der Waals surface area (Å²) in [6, 6.07) is 3.38. The van der Waals surface area contributed by atoms with Crippen LogP contribution in [-0.4, -0.2) is 33.8 Å². The summed E-state index contributed by atoms with van der Waals surface area (Å²) in [5.74, 6) is -1.17. The van der Waals surface area contributed by atoms with Crippen molar-refractivity contribution in [2.45, 2.75) is 33.2 Å². The number of carbonyl (C=O) groups excluding carboxylic acids is 2. The van der Waals surface area contributed by atoms with Crippen molar-refractivity contribution >= 4 is 17.5 Å². The highest BCUT2D eigenvalue weighted by Crippen LogP contribution is 2.13. The maximum absolute atomic E-state index is 12.0. The van der Waals surface area contributed by atoms with Gasteiger partial charge in [0.05, 0.1) is 11.9 Å². The molecule has 98 valence electrons. The Morgan fingerprint density at radius 1 is 1.39 bits per heavy atom. The second-order valence-electron chi connectivity index (χ2n) is 4.92. The topological polar surface area (TPSA) is 62.3 Å². The van der Waals surface area contributed by atoms with Gasteiger partial charge in [-0.05, 0) is 39.8 Å². The Labute approximate surface area is 107 Å². The number of hydrogen-bond donors (Lipinski definition) is 1. The van der Waals surface area contributed by atoms with Crippen molar-refractivity contribution < 1.29 is 9.59 Å². The molecule has 2 amide bonds. The van der Waals surface area contributed by atoms with Gasteiger partial charge in [-0.1, -0.05) is 0 Å². The van der Waals surface area contributed by atoms with Crippen molar-refractivity contribution in [3.8, 4) is 0 Å². The predicted octanol–water partition coefficient (Wildman–Crippen LogP) is 1.67. The Hall–Kier alpha value is -1.91. The maximum atomic E-state index is 12.0. The van der Waals surface area contributed by atoms with Crippen LogP contribution in [0.5, 0.6) is 0 Å². The zero-order valence-corrected chi connectivity index (χ0v) is 11.2. The van der Waals surface area contributed by atoms with Crippen LogP contribution >= 0.6 is 0 Å². The lowest BCUT2D eigenvalue weighted by Gasteiger charge is -2.34. The smallest absolute Gasteiger partial charge is 0.313 e. The molecule has 0 unspecified atom stereocenters. The Kier molecular flexibility index (Phi) is 4.42.